The summed E-state index contributed by atoms with van der Waals surface area (Å²) in [4.78, 5) is 13.6. The number of piperazine rings is 1. The number of aryl methyl sites for hydroxylation is 1. The fourth-order valence-electron chi connectivity index (χ4n) is 3.22. The van der Waals surface area contributed by atoms with Crippen LogP contribution in [0, 0.1) is 12.7 Å². The standard InChI is InChI=1S/C20H22FN5O/c1-15-13-19(24-20(23-15)22-14-18-3-2-12-27-18)26-10-8-25(9-11-26)17-6-4-16(21)5-7-17/h2-7,12-13H,8-11,14H2,1H3,(H,22,23,24). The van der Waals surface area contributed by atoms with Gasteiger partial charge in [0.1, 0.15) is 17.4 Å². The molecule has 0 aliphatic carbocycles. The van der Waals surface area contributed by atoms with Gasteiger partial charge in [-0.2, -0.15) is 4.98 Å². The number of rotatable bonds is 5. The second-order valence-electron chi connectivity index (χ2n) is 6.57. The van der Waals surface area contributed by atoms with Crippen LogP contribution in [0.2, 0.25) is 0 Å². The summed E-state index contributed by atoms with van der Waals surface area (Å²) >= 11 is 0. The van der Waals surface area contributed by atoms with Crippen molar-refractivity contribution in [2.75, 3.05) is 41.3 Å². The second-order valence-corrected chi connectivity index (χ2v) is 6.57. The minimum Gasteiger partial charge on any atom is -0.467 e. The Morgan fingerprint density at radius 2 is 1.78 bits per heavy atom. The highest BCUT2D eigenvalue weighted by molar-refractivity contribution is 5.50. The number of benzene rings is 1. The third-order valence-corrected chi connectivity index (χ3v) is 4.64. The Kier molecular flexibility index (Phi) is 4.91. The van der Waals surface area contributed by atoms with Gasteiger partial charge in [0.15, 0.2) is 0 Å². The molecule has 1 aromatic carbocycles. The van der Waals surface area contributed by atoms with Gasteiger partial charge in [-0.3, -0.25) is 0 Å². The quantitative estimate of drug-likeness (QED) is 0.745. The molecule has 3 heterocycles. The molecule has 1 N–H and O–H groups in total. The van der Waals surface area contributed by atoms with Crippen LogP contribution in [0.15, 0.2) is 53.1 Å². The van der Waals surface area contributed by atoms with E-state index in [0.717, 1.165) is 49.1 Å². The lowest BCUT2D eigenvalue weighted by atomic mass is 10.2. The summed E-state index contributed by atoms with van der Waals surface area (Å²) in [6.07, 6.45) is 1.65. The normalized spacial score (nSPS) is 14.4. The molecule has 1 fully saturated rings. The summed E-state index contributed by atoms with van der Waals surface area (Å²) in [6.45, 7) is 5.96. The third kappa shape index (κ3) is 4.19. The molecule has 3 aromatic rings. The van der Waals surface area contributed by atoms with Crippen molar-refractivity contribution in [2.45, 2.75) is 13.5 Å². The van der Waals surface area contributed by atoms with Crippen LogP contribution in [-0.2, 0) is 6.54 Å². The largest absolute Gasteiger partial charge is 0.467 e. The Bertz CT molecular complexity index is 874. The lowest BCUT2D eigenvalue weighted by Crippen LogP contribution is -2.46. The van der Waals surface area contributed by atoms with Gasteiger partial charge < -0.3 is 19.5 Å². The van der Waals surface area contributed by atoms with Crippen LogP contribution in [0.3, 0.4) is 0 Å². The number of nitrogens with one attached hydrogen (secondary N) is 1. The molecule has 0 radical (unpaired) electrons. The fraction of sp³-hybridized carbons (Fsp3) is 0.300. The zero-order chi connectivity index (χ0) is 18.6. The number of anilines is 3. The smallest absolute Gasteiger partial charge is 0.225 e. The SMILES string of the molecule is Cc1cc(N2CCN(c3ccc(F)cc3)CC2)nc(NCc2ccco2)n1. The van der Waals surface area contributed by atoms with Gasteiger partial charge in [-0.25, -0.2) is 9.37 Å². The maximum atomic E-state index is 13.1. The van der Waals surface area contributed by atoms with Crippen LogP contribution in [0.5, 0.6) is 0 Å². The van der Waals surface area contributed by atoms with Gasteiger partial charge in [-0.05, 0) is 43.3 Å². The van der Waals surface area contributed by atoms with Crippen molar-refractivity contribution in [1.29, 1.82) is 0 Å². The van der Waals surface area contributed by atoms with Crippen molar-refractivity contribution >= 4 is 17.5 Å². The third-order valence-electron chi connectivity index (χ3n) is 4.64. The van der Waals surface area contributed by atoms with Crippen LogP contribution in [0.1, 0.15) is 11.5 Å². The number of aromatic nitrogens is 2. The fourth-order valence-corrected chi connectivity index (χ4v) is 3.22. The van der Waals surface area contributed by atoms with E-state index in [4.69, 9.17) is 4.42 Å². The highest BCUT2D eigenvalue weighted by Gasteiger charge is 2.19. The summed E-state index contributed by atoms with van der Waals surface area (Å²) in [6, 6.07) is 12.5. The van der Waals surface area contributed by atoms with E-state index in [1.54, 1.807) is 6.26 Å². The summed E-state index contributed by atoms with van der Waals surface area (Å²) in [5.41, 5.74) is 1.97. The van der Waals surface area contributed by atoms with Crippen LogP contribution >= 0.6 is 0 Å². The monoisotopic (exact) mass is 367 g/mol. The Morgan fingerprint density at radius 1 is 1.04 bits per heavy atom. The van der Waals surface area contributed by atoms with Crippen LogP contribution in [-0.4, -0.2) is 36.1 Å². The first-order valence-corrected chi connectivity index (χ1v) is 9.05. The van der Waals surface area contributed by atoms with E-state index in [-0.39, 0.29) is 5.82 Å². The Morgan fingerprint density at radius 3 is 2.48 bits per heavy atom. The number of hydrogen-bond acceptors (Lipinski definition) is 6. The molecule has 0 saturated carbocycles. The molecular weight excluding hydrogens is 345 g/mol. The molecule has 0 unspecified atom stereocenters. The lowest BCUT2D eigenvalue weighted by molar-refractivity contribution is 0.517. The first-order chi connectivity index (χ1) is 13.2. The van der Waals surface area contributed by atoms with E-state index in [0.29, 0.717) is 12.5 Å². The minimum atomic E-state index is -0.205. The van der Waals surface area contributed by atoms with Gasteiger partial charge >= 0.3 is 0 Å². The summed E-state index contributed by atoms with van der Waals surface area (Å²) in [7, 11) is 0. The highest BCUT2D eigenvalue weighted by Crippen LogP contribution is 2.21. The number of nitrogens with zero attached hydrogens (tertiary/aromatic N) is 4. The van der Waals surface area contributed by atoms with Crippen molar-refractivity contribution in [1.82, 2.24) is 9.97 Å². The molecule has 0 amide bonds. The summed E-state index contributed by atoms with van der Waals surface area (Å²) in [5, 5.41) is 3.22. The van der Waals surface area contributed by atoms with Gasteiger partial charge in [-0.1, -0.05) is 0 Å². The molecule has 27 heavy (non-hydrogen) atoms. The molecule has 4 rings (SSSR count). The first kappa shape index (κ1) is 17.3. The average molecular weight is 367 g/mol. The van der Waals surface area contributed by atoms with E-state index in [2.05, 4.69) is 25.1 Å². The second kappa shape index (κ2) is 7.65. The van der Waals surface area contributed by atoms with E-state index >= 15 is 0 Å². The first-order valence-electron chi connectivity index (χ1n) is 9.05. The lowest BCUT2D eigenvalue weighted by Gasteiger charge is -2.36. The van der Waals surface area contributed by atoms with E-state index < -0.39 is 0 Å². The molecule has 7 heteroatoms. The topological polar surface area (TPSA) is 57.4 Å². The molecule has 1 saturated heterocycles. The molecule has 0 bridgehead atoms. The van der Waals surface area contributed by atoms with Gasteiger partial charge in [0.05, 0.1) is 12.8 Å². The number of halogens is 1. The van der Waals surface area contributed by atoms with Crippen LogP contribution in [0.4, 0.5) is 21.8 Å². The van der Waals surface area contributed by atoms with Crippen LogP contribution in [0.25, 0.3) is 0 Å². The predicted molar refractivity (Wildman–Crippen MR) is 104 cm³/mol. The Hall–Kier alpha value is -3.09. The van der Waals surface area contributed by atoms with Crippen molar-refractivity contribution < 1.29 is 8.81 Å². The molecule has 2 aromatic heterocycles. The molecule has 1 aliphatic heterocycles. The molecule has 0 spiro atoms. The molecule has 6 nitrogen and oxygen atoms in total. The Balaban J connectivity index is 1.40. The average Bonchev–Trinajstić information content (AvgIpc) is 3.20. The van der Waals surface area contributed by atoms with Gasteiger partial charge in [0.25, 0.3) is 0 Å². The minimum absolute atomic E-state index is 0.205. The maximum absolute atomic E-state index is 13.1. The Labute approximate surface area is 157 Å². The van der Waals surface area contributed by atoms with Gasteiger partial charge in [0, 0.05) is 43.6 Å². The van der Waals surface area contributed by atoms with Crippen molar-refractivity contribution in [3.05, 3.63) is 66.0 Å². The summed E-state index contributed by atoms with van der Waals surface area (Å²) < 4.78 is 18.4. The highest BCUT2D eigenvalue weighted by atomic mass is 19.1. The van der Waals surface area contributed by atoms with Crippen molar-refractivity contribution in [3.8, 4) is 0 Å². The molecular formula is C20H22FN5O. The number of furan rings is 1. The summed E-state index contributed by atoms with van der Waals surface area (Å²) in [5.74, 6) is 2.16. The zero-order valence-electron chi connectivity index (χ0n) is 15.2. The van der Waals surface area contributed by atoms with Crippen LogP contribution < -0.4 is 15.1 Å². The molecule has 0 atom stereocenters. The predicted octanol–water partition coefficient (Wildman–Crippen LogP) is 3.46. The van der Waals surface area contributed by atoms with Gasteiger partial charge in [0.2, 0.25) is 5.95 Å². The van der Waals surface area contributed by atoms with Crippen molar-refractivity contribution in [3.63, 3.8) is 0 Å². The zero-order valence-corrected chi connectivity index (χ0v) is 15.2. The van der Waals surface area contributed by atoms with E-state index in [9.17, 15) is 4.39 Å². The van der Waals surface area contributed by atoms with Crippen molar-refractivity contribution in [2.24, 2.45) is 0 Å². The molecule has 140 valence electrons. The maximum Gasteiger partial charge on any atom is 0.225 e. The van der Waals surface area contributed by atoms with E-state index in [1.165, 1.54) is 12.1 Å². The van der Waals surface area contributed by atoms with E-state index in [1.807, 2.05) is 37.3 Å². The number of hydrogen-bond donors (Lipinski definition) is 1. The molecule has 1 aliphatic rings. The van der Waals surface area contributed by atoms with Gasteiger partial charge in [-0.15, -0.1) is 0 Å².